The van der Waals surface area contributed by atoms with E-state index >= 15 is 0 Å². The van der Waals surface area contributed by atoms with Crippen molar-refractivity contribution in [2.75, 3.05) is 18.5 Å². The van der Waals surface area contributed by atoms with Gasteiger partial charge in [0.15, 0.2) is 6.61 Å². The van der Waals surface area contributed by atoms with Crippen LogP contribution in [0.15, 0.2) is 40.2 Å². The Morgan fingerprint density at radius 2 is 2.00 bits per heavy atom. The molecule has 2 rings (SSSR count). The van der Waals surface area contributed by atoms with Gasteiger partial charge in [-0.25, -0.2) is 4.79 Å². The van der Waals surface area contributed by atoms with Crippen molar-refractivity contribution in [3.05, 3.63) is 50.6 Å². The Balaban J connectivity index is 1.89. The molecule has 1 aromatic carbocycles. The molecule has 8 heteroatoms. The third-order valence-corrected chi connectivity index (χ3v) is 4.46. The number of carbonyl (C=O) groups is 3. The van der Waals surface area contributed by atoms with Crippen molar-refractivity contribution in [2.24, 2.45) is 0 Å². The summed E-state index contributed by atoms with van der Waals surface area (Å²) in [7, 11) is 0. The number of carbonyl (C=O) groups excluding carboxylic acids is 3. The van der Waals surface area contributed by atoms with Crippen LogP contribution in [-0.2, 0) is 9.53 Å². The Bertz CT molecular complexity index is 760. The van der Waals surface area contributed by atoms with E-state index in [0.717, 1.165) is 3.79 Å². The first-order valence-electron chi connectivity index (χ1n) is 7.10. The maximum absolute atomic E-state index is 11.9. The van der Waals surface area contributed by atoms with Gasteiger partial charge >= 0.3 is 5.97 Å². The first-order valence-corrected chi connectivity index (χ1v) is 8.71. The molecule has 0 saturated heterocycles. The van der Waals surface area contributed by atoms with Crippen molar-refractivity contribution < 1.29 is 19.1 Å². The first-order chi connectivity index (χ1) is 11.5. The van der Waals surface area contributed by atoms with E-state index in [0.29, 0.717) is 22.7 Å². The van der Waals surface area contributed by atoms with E-state index in [9.17, 15) is 14.4 Å². The van der Waals surface area contributed by atoms with Gasteiger partial charge in [-0.05, 0) is 53.2 Å². The fourth-order valence-corrected chi connectivity index (χ4v) is 3.10. The standard InChI is InChI=1S/C16H15BrN2O4S/c1-2-18-15(21)10-4-3-5-11(8-10)19-14(20)9-23-16(22)12-6-7-13(17)24-12/h3-8H,2,9H2,1H3,(H,18,21)(H,19,20). The second-order valence-electron chi connectivity index (χ2n) is 4.67. The smallest absolute Gasteiger partial charge is 0.348 e. The molecular weight excluding hydrogens is 396 g/mol. The molecule has 0 atom stereocenters. The van der Waals surface area contributed by atoms with E-state index in [1.807, 2.05) is 6.92 Å². The zero-order chi connectivity index (χ0) is 17.5. The van der Waals surface area contributed by atoms with Crippen LogP contribution in [-0.4, -0.2) is 30.9 Å². The molecule has 126 valence electrons. The Hall–Kier alpha value is -2.19. The van der Waals surface area contributed by atoms with Crippen molar-refractivity contribution in [3.8, 4) is 0 Å². The molecule has 24 heavy (non-hydrogen) atoms. The van der Waals surface area contributed by atoms with Crippen LogP contribution in [0.3, 0.4) is 0 Å². The van der Waals surface area contributed by atoms with Gasteiger partial charge in [-0.1, -0.05) is 6.07 Å². The predicted molar refractivity (Wildman–Crippen MR) is 95.4 cm³/mol. The molecule has 2 N–H and O–H groups in total. The summed E-state index contributed by atoms with van der Waals surface area (Å²) in [6, 6.07) is 9.86. The second kappa shape index (κ2) is 8.60. The van der Waals surface area contributed by atoms with Crippen LogP contribution >= 0.6 is 27.3 Å². The minimum Gasteiger partial charge on any atom is -0.451 e. The molecule has 0 spiro atoms. The molecule has 1 aromatic heterocycles. The molecule has 0 aliphatic rings. The Labute approximate surface area is 151 Å². The zero-order valence-corrected chi connectivity index (χ0v) is 15.2. The highest BCUT2D eigenvalue weighted by Gasteiger charge is 2.13. The van der Waals surface area contributed by atoms with Gasteiger partial charge in [0.05, 0.1) is 3.79 Å². The SMILES string of the molecule is CCNC(=O)c1cccc(NC(=O)COC(=O)c2ccc(Br)s2)c1. The van der Waals surface area contributed by atoms with E-state index in [1.165, 1.54) is 11.3 Å². The fourth-order valence-electron chi connectivity index (χ4n) is 1.82. The van der Waals surface area contributed by atoms with Crippen LogP contribution in [0.5, 0.6) is 0 Å². The third kappa shape index (κ3) is 5.17. The molecule has 0 aliphatic carbocycles. The summed E-state index contributed by atoms with van der Waals surface area (Å²) in [5.41, 5.74) is 0.897. The lowest BCUT2D eigenvalue weighted by atomic mass is 10.2. The number of benzene rings is 1. The Kier molecular flexibility index (Phi) is 6.51. The normalized spacial score (nSPS) is 10.1. The van der Waals surface area contributed by atoms with Crippen LogP contribution in [0.1, 0.15) is 27.0 Å². The molecular formula is C16H15BrN2O4S. The summed E-state index contributed by atoms with van der Waals surface area (Å²) in [6.07, 6.45) is 0. The fraction of sp³-hybridized carbons (Fsp3) is 0.188. The molecule has 2 aromatic rings. The maximum Gasteiger partial charge on any atom is 0.348 e. The van der Waals surface area contributed by atoms with Crippen molar-refractivity contribution in [3.63, 3.8) is 0 Å². The van der Waals surface area contributed by atoms with Crippen LogP contribution in [0.25, 0.3) is 0 Å². The van der Waals surface area contributed by atoms with E-state index in [1.54, 1.807) is 36.4 Å². The summed E-state index contributed by atoms with van der Waals surface area (Å²) < 4.78 is 5.76. The molecule has 2 amide bonds. The maximum atomic E-state index is 11.9. The average molecular weight is 411 g/mol. The number of esters is 1. The van der Waals surface area contributed by atoms with Crippen molar-refractivity contribution in [2.45, 2.75) is 6.92 Å². The summed E-state index contributed by atoms with van der Waals surface area (Å²) >= 11 is 4.48. The number of thiophene rings is 1. The highest BCUT2D eigenvalue weighted by molar-refractivity contribution is 9.11. The van der Waals surface area contributed by atoms with Crippen molar-refractivity contribution >= 4 is 50.7 Å². The lowest BCUT2D eigenvalue weighted by Crippen LogP contribution is -2.23. The molecule has 0 unspecified atom stereocenters. The number of nitrogens with one attached hydrogen (secondary N) is 2. The predicted octanol–water partition coefficient (Wildman–Crippen LogP) is 3.06. The summed E-state index contributed by atoms with van der Waals surface area (Å²) in [4.78, 5) is 35.8. The number of amides is 2. The van der Waals surface area contributed by atoms with Gasteiger partial charge in [0.2, 0.25) is 0 Å². The van der Waals surface area contributed by atoms with Crippen LogP contribution in [0.4, 0.5) is 5.69 Å². The minimum atomic E-state index is -0.558. The summed E-state index contributed by atoms with van der Waals surface area (Å²) in [6.45, 7) is 1.94. The number of anilines is 1. The van der Waals surface area contributed by atoms with Gasteiger partial charge in [0.25, 0.3) is 11.8 Å². The number of ether oxygens (including phenoxy) is 1. The highest BCUT2D eigenvalue weighted by atomic mass is 79.9. The van der Waals surface area contributed by atoms with E-state index in [2.05, 4.69) is 26.6 Å². The number of hydrogen-bond donors (Lipinski definition) is 2. The molecule has 0 radical (unpaired) electrons. The molecule has 6 nitrogen and oxygen atoms in total. The molecule has 0 saturated carbocycles. The molecule has 0 fully saturated rings. The lowest BCUT2D eigenvalue weighted by molar-refractivity contribution is -0.119. The highest BCUT2D eigenvalue weighted by Crippen LogP contribution is 2.22. The van der Waals surface area contributed by atoms with Gasteiger partial charge in [-0.15, -0.1) is 11.3 Å². The van der Waals surface area contributed by atoms with Crippen LogP contribution in [0.2, 0.25) is 0 Å². The van der Waals surface area contributed by atoms with Gasteiger partial charge < -0.3 is 15.4 Å². The van der Waals surface area contributed by atoms with Gasteiger partial charge in [-0.2, -0.15) is 0 Å². The van der Waals surface area contributed by atoms with Crippen molar-refractivity contribution in [1.29, 1.82) is 0 Å². The molecule has 0 bridgehead atoms. The largest absolute Gasteiger partial charge is 0.451 e. The van der Waals surface area contributed by atoms with Crippen molar-refractivity contribution in [1.82, 2.24) is 5.32 Å². The van der Waals surface area contributed by atoms with E-state index in [-0.39, 0.29) is 5.91 Å². The minimum absolute atomic E-state index is 0.219. The number of rotatable bonds is 6. The van der Waals surface area contributed by atoms with Gasteiger partial charge in [0, 0.05) is 17.8 Å². The Morgan fingerprint density at radius 1 is 1.21 bits per heavy atom. The van der Waals surface area contributed by atoms with Gasteiger partial charge in [0.1, 0.15) is 4.88 Å². The van der Waals surface area contributed by atoms with E-state index in [4.69, 9.17) is 4.74 Å². The monoisotopic (exact) mass is 410 g/mol. The molecule has 1 heterocycles. The Morgan fingerprint density at radius 3 is 2.67 bits per heavy atom. The summed E-state index contributed by atoms with van der Waals surface area (Å²) in [5.74, 6) is -1.26. The third-order valence-electron chi connectivity index (χ3n) is 2.85. The number of halogens is 1. The van der Waals surface area contributed by atoms with E-state index < -0.39 is 18.5 Å². The lowest BCUT2D eigenvalue weighted by Gasteiger charge is -2.08. The quantitative estimate of drug-likeness (QED) is 0.716. The zero-order valence-electron chi connectivity index (χ0n) is 12.8. The average Bonchev–Trinajstić information content (AvgIpc) is 3.00. The summed E-state index contributed by atoms with van der Waals surface area (Å²) in [5, 5.41) is 5.27. The van der Waals surface area contributed by atoms with Crippen LogP contribution in [0, 0.1) is 0 Å². The molecule has 0 aliphatic heterocycles. The topological polar surface area (TPSA) is 84.5 Å². The van der Waals surface area contributed by atoms with Gasteiger partial charge in [-0.3, -0.25) is 9.59 Å². The number of hydrogen-bond acceptors (Lipinski definition) is 5. The van der Waals surface area contributed by atoms with Crippen LogP contribution < -0.4 is 10.6 Å². The second-order valence-corrected chi connectivity index (χ2v) is 7.13. The first kappa shape index (κ1) is 18.2.